The van der Waals surface area contributed by atoms with Gasteiger partial charge in [-0.15, -0.1) is 0 Å². The SMILES string of the molecule is CC1CCC(C(N)=O)CN1C(=O)c1ccc(N)cn1. The summed E-state index contributed by atoms with van der Waals surface area (Å²) in [7, 11) is 0. The van der Waals surface area contributed by atoms with E-state index < -0.39 is 0 Å². The molecule has 1 aliphatic rings. The van der Waals surface area contributed by atoms with Crippen LogP contribution in [0.25, 0.3) is 0 Å². The number of amides is 2. The molecule has 19 heavy (non-hydrogen) atoms. The molecule has 0 bridgehead atoms. The van der Waals surface area contributed by atoms with Crippen molar-refractivity contribution < 1.29 is 9.59 Å². The fraction of sp³-hybridized carbons (Fsp3) is 0.462. The predicted molar refractivity (Wildman–Crippen MR) is 71.1 cm³/mol. The summed E-state index contributed by atoms with van der Waals surface area (Å²) in [6.45, 7) is 2.33. The Morgan fingerprint density at radius 2 is 2.11 bits per heavy atom. The van der Waals surface area contributed by atoms with Gasteiger partial charge in [-0.1, -0.05) is 0 Å². The van der Waals surface area contributed by atoms with Gasteiger partial charge in [0.15, 0.2) is 0 Å². The summed E-state index contributed by atoms with van der Waals surface area (Å²) in [5.74, 6) is -0.803. The van der Waals surface area contributed by atoms with Gasteiger partial charge >= 0.3 is 0 Å². The maximum absolute atomic E-state index is 12.4. The number of likely N-dealkylation sites (tertiary alicyclic amines) is 1. The van der Waals surface area contributed by atoms with Gasteiger partial charge in [-0.2, -0.15) is 0 Å². The van der Waals surface area contributed by atoms with E-state index in [0.717, 1.165) is 12.8 Å². The lowest BCUT2D eigenvalue weighted by molar-refractivity contribution is -0.123. The average Bonchev–Trinajstić information content (AvgIpc) is 2.39. The molecule has 0 aliphatic carbocycles. The predicted octanol–water partition coefficient (Wildman–Crippen LogP) is 0.390. The van der Waals surface area contributed by atoms with E-state index in [-0.39, 0.29) is 23.8 Å². The fourth-order valence-corrected chi connectivity index (χ4v) is 2.30. The standard InChI is InChI=1S/C13H18N4O2/c1-8-2-3-9(12(15)18)7-17(8)13(19)11-5-4-10(14)6-16-11/h4-6,8-9H,2-3,7,14H2,1H3,(H2,15,18). The minimum atomic E-state index is -0.352. The Morgan fingerprint density at radius 3 is 2.68 bits per heavy atom. The van der Waals surface area contributed by atoms with Crippen LogP contribution in [-0.4, -0.2) is 34.3 Å². The van der Waals surface area contributed by atoms with E-state index in [1.807, 2.05) is 6.92 Å². The second-order valence-electron chi connectivity index (χ2n) is 4.96. The van der Waals surface area contributed by atoms with Gasteiger partial charge in [0.2, 0.25) is 5.91 Å². The van der Waals surface area contributed by atoms with Crippen molar-refractivity contribution in [2.45, 2.75) is 25.8 Å². The van der Waals surface area contributed by atoms with E-state index in [1.165, 1.54) is 6.20 Å². The first kappa shape index (κ1) is 13.3. The minimum Gasteiger partial charge on any atom is -0.397 e. The Kier molecular flexibility index (Phi) is 3.69. The first-order chi connectivity index (χ1) is 8.99. The smallest absolute Gasteiger partial charge is 0.272 e. The van der Waals surface area contributed by atoms with Crippen LogP contribution < -0.4 is 11.5 Å². The monoisotopic (exact) mass is 262 g/mol. The quantitative estimate of drug-likeness (QED) is 0.804. The molecule has 102 valence electrons. The van der Waals surface area contributed by atoms with Crippen molar-refractivity contribution in [2.24, 2.45) is 11.7 Å². The number of piperidine rings is 1. The van der Waals surface area contributed by atoms with Crippen LogP contribution in [0.5, 0.6) is 0 Å². The molecule has 6 heteroatoms. The number of rotatable bonds is 2. The molecule has 2 heterocycles. The zero-order valence-corrected chi connectivity index (χ0v) is 10.9. The number of nitrogens with zero attached hydrogens (tertiary/aromatic N) is 2. The van der Waals surface area contributed by atoms with E-state index in [4.69, 9.17) is 11.5 Å². The lowest BCUT2D eigenvalue weighted by atomic mass is 9.92. The van der Waals surface area contributed by atoms with Crippen LogP contribution in [0.2, 0.25) is 0 Å². The lowest BCUT2D eigenvalue weighted by Gasteiger charge is -2.36. The highest BCUT2D eigenvalue weighted by Crippen LogP contribution is 2.23. The molecule has 6 nitrogen and oxygen atoms in total. The molecule has 1 aliphatic heterocycles. The van der Waals surface area contributed by atoms with Crippen molar-refractivity contribution in [3.8, 4) is 0 Å². The maximum atomic E-state index is 12.4. The van der Waals surface area contributed by atoms with Crippen LogP contribution in [0.15, 0.2) is 18.3 Å². The summed E-state index contributed by atoms with van der Waals surface area (Å²) in [5, 5.41) is 0. The molecule has 0 spiro atoms. The van der Waals surface area contributed by atoms with E-state index in [2.05, 4.69) is 4.98 Å². The molecular weight excluding hydrogens is 244 g/mol. The molecule has 0 aromatic carbocycles. The molecule has 0 radical (unpaired) electrons. The fourth-order valence-electron chi connectivity index (χ4n) is 2.30. The second kappa shape index (κ2) is 5.26. The molecule has 1 saturated heterocycles. The third-order valence-corrected chi connectivity index (χ3v) is 3.55. The van der Waals surface area contributed by atoms with Crippen molar-refractivity contribution in [1.29, 1.82) is 0 Å². The Balaban J connectivity index is 2.16. The molecule has 2 rings (SSSR count). The van der Waals surface area contributed by atoms with Crippen molar-refractivity contribution in [2.75, 3.05) is 12.3 Å². The van der Waals surface area contributed by atoms with Crippen molar-refractivity contribution >= 4 is 17.5 Å². The van der Waals surface area contributed by atoms with E-state index in [1.54, 1.807) is 17.0 Å². The van der Waals surface area contributed by atoms with Crippen molar-refractivity contribution in [3.63, 3.8) is 0 Å². The summed E-state index contributed by atoms with van der Waals surface area (Å²) >= 11 is 0. The first-order valence-electron chi connectivity index (χ1n) is 6.31. The highest BCUT2D eigenvalue weighted by atomic mass is 16.2. The van der Waals surface area contributed by atoms with Crippen molar-refractivity contribution in [1.82, 2.24) is 9.88 Å². The second-order valence-corrected chi connectivity index (χ2v) is 4.96. The molecule has 1 aromatic heterocycles. The van der Waals surface area contributed by atoms with Gasteiger partial charge in [-0.3, -0.25) is 9.59 Å². The topological polar surface area (TPSA) is 102 Å². The Hall–Kier alpha value is -2.11. The minimum absolute atomic E-state index is 0.0856. The highest BCUT2D eigenvalue weighted by molar-refractivity contribution is 5.93. The van der Waals surface area contributed by atoms with Crippen LogP contribution in [0.4, 0.5) is 5.69 Å². The molecule has 1 fully saturated rings. The number of nitrogens with two attached hydrogens (primary N) is 2. The van der Waals surface area contributed by atoms with Gasteiger partial charge in [0, 0.05) is 12.6 Å². The number of nitrogen functional groups attached to an aromatic ring is 1. The van der Waals surface area contributed by atoms with Gasteiger partial charge in [0.05, 0.1) is 17.8 Å². The van der Waals surface area contributed by atoms with Gasteiger partial charge in [0.25, 0.3) is 5.91 Å². The van der Waals surface area contributed by atoms with Gasteiger partial charge < -0.3 is 16.4 Å². The van der Waals surface area contributed by atoms with E-state index in [0.29, 0.717) is 17.9 Å². The number of carbonyl (C=O) groups is 2. The average molecular weight is 262 g/mol. The van der Waals surface area contributed by atoms with Gasteiger partial charge in [0.1, 0.15) is 5.69 Å². The summed E-state index contributed by atoms with van der Waals surface area (Å²) < 4.78 is 0. The van der Waals surface area contributed by atoms with E-state index >= 15 is 0 Å². The van der Waals surface area contributed by atoms with Gasteiger partial charge in [-0.05, 0) is 31.9 Å². The summed E-state index contributed by atoms with van der Waals surface area (Å²) in [6, 6.07) is 3.32. The Morgan fingerprint density at radius 1 is 1.37 bits per heavy atom. The molecule has 2 atom stereocenters. The molecule has 2 unspecified atom stereocenters. The Bertz CT molecular complexity index is 486. The zero-order valence-electron chi connectivity index (χ0n) is 10.9. The van der Waals surface area contributed by atoms with Crippen LogP contribution in [0.3, 0.4) is 0 Å². The number of hydrogen-bond donors (Lipinski definition) is 2. The highest BCUT2D eigenvalue weighted by Gasteiger charge is 2.32. The molecular formula is C13H18N4O2. The third kappa shape index (κ3) is 2.83. The van der Waals surface area contributed by atoms with Crippen LogP contribution in [-0.2, 0) is 4.79 Å². The number of primary amides is 1. The number of anilines is 1. The van der Waals surface area contributed by atoms with Gasteiger partial charge in [-0.25, -0.2) is 4.98 Å². The summed E-state index contributed by atoms with van der Waals surface area (Å²) in [5.41, 5.74) is 11.7. The molecule has 4 N–H and O–H groups in total. The first-order valence-corrected chi connectivity index (χ1v) is 6.31. The van der Waals surface area contributed by atoms with Crippen LogP contribution in [0, 0.1) is 5.92 Å². The molecule has 0 saturated carbocycles. The van der Waals surface area contributed by atoms with Crippen molar-refractivity contribution in [3.05, 3.63) is 24.0 Å². The molecule has 2 amide bonds. The zero-order chi connectivity index (χ0) is 14.0. The van der Waals surface area contributed by atoms with Crippen LogP contribution >= 0.6 is 0 Å². The maximum Gasteiger partial charge on any atom is 0.272 e. The largest absolute Gasteiger partial charge is 0.397 e. The Labute approximate surface area is 111 Å². The number of hydrogen-bond acceptors (Lipinski definition) is 4. The van der Waals surface area contributed by atoms with E-state index in [9.17, 15) is 9.59 Å². The summed E-state index contributed by atoms with van der Waals surface area (Å²) in [4.78, 5) is 29.3. The van der Waals surface area contributed by atoms with Crippen LogP contribution in [0.1, 0.15) is 30.3 Å². The number of pyridine rings is 1. The number of carbonyl (C=O) groups excluding carboxylic acids is 2. The summed E-state index contributed by atoms with van der Waals surface area (Å²) in [6.07, 6.45) is 2.96. The lowest BCUT2D eigenvalue weighted by Crippen LogP contribution is -2.48. The third-order valence-electron chi connectivity index (χ3n) is 3.55. The number of aromatic nitrogens is 1. The normalized spacial score (nSPS) is 23.1. The molecule has 1 aromatic rings.